The molecule has 1 aromatic rings. The minimum absolute atomic E-state index is 0.0477. The first-order valence-electron chi connectivity index (χ1n) is 7.77. The highest BCUT2D eigenvalue weighted by molar-refractivity contribution is 6.30. The van der Waals surface area contributed by atoms with Crippen molar-refractivity contribution >= 4 is 17.5 Å². The molecular formula is C17H25ClN2O. The zero-order valence-corrected chi connectivity index (χ0v) is 14.0. The minimum Gasteiger partial charge on any atom is -0.319 e. The Kier molecular flexibility index (Phi) is 5.28. The molecule has 1 aliphatic rings. The lowest BCUT2D eigenvalue weighted by atomic mass is 10.0. The fourth-order valence-corrected chi connectivity index (χ4v) is 2.99. The lowest BCUT2D eigenvalue weighted by molar-refractivity contribution is -0.132. The van der Waals surface area contributed by atoms with E-state index in [4.69, 9.17) is 11.6 Å². The molecule has 0 bridgehead atoms. The molecule has 0 radical (unpaired) electrons. The Balaban J connectivity index is 2.28. The van der Waals surface area contributed by atoms with E-state index in [9.17, 15) is 4.79 Å². The molecule has 3 unspecified atom stereocenters. The van der Waals surface area contributed by atoms with E-state index >= 15 is 0 Å². The average molecular weight is 309 g/mol. The van der Waals surface area contributed by atoms with Crippen molar-refractivity contribution in [2.75, 3.05) is 0 Å². The Bertz CT molecular complexity index is 486. The second-order valence-electron chi connectivity index (χ2n) is 6.31. The van der Waals surface area contributed by atoms with Crippen molar-refractivity contribution in [3.8, 4) is 0 Å². The summed E-state index contributed by atoms with van der Waals surface area (Å²) in [5.74, 6) is 0.715. The SMILES string of the molecule is CCC(C)N1C(=O)C(CC(C)C)NC1c1ccc(Cl)cc1. The van der Waals surface area contributed by atoms with Gasteiger partial charge in [-0.05, 0) is 43.4 Å². The number of nitrogens with zero attached hydrogens (tertiary/aromatic N) is 1. The summed E-state index contributed by atoms with van der Waals surface area (Å²) in [5.41, 5.74) is 1.10. The maximum absolute atomic E-state index is 12.7. The van der Waals surface area contributed by atoms with E-state index in [1.165, 1.54) is 0 Å². The Morgan fingerprint density at radius 2 is 1.86 bits per heavy atom. The zero-order chi connectivity index (χ0) is 15.6. The highest BCUT2D eigenvalue weighted by Gasteiger charge is 2.41. The van der Waals surface area contributed by atoms with Crippen molar-refractivity contribution in [2.24, 2.45) is 5.92 Å². The van der Waals surface area contributed by atoms with Crippen LogP contribution in [-0.2, 0) is 4.79 Å². The Morgan fingerprint density at radius 3 is 2.38 bits per heavy atom. The van der Waals surface area contributed by atoms with E-state index in [0.29, 0.717) is 5.92 Å². The molecule has 1 saturated heterocycles. The first-order chi connectivity index (χ1) is 9.93. The predicted octanol–water partition coefficient (Wildman–Crippen LogP) is 3.98. The van der Waals surface area contributed by atoms with E-state index in [-0.39, 0.29) is 24.2 Å². The number of hydrogen-bond donors (Lipinski definition) is 1. The Hall–Kier alpha value is -1.06. The van der Waals surface area contributed by atoms with Crippen molar-refractivity contribution in [1.29, 1.82) is 0 Å². The van der Waals surface area contributed by atoms with Gasteiger partial charge < -0.3 is 4.90 Å². The van der Waals surface area contributed by atoms with Gasteiger partial charge in [-0.15, -0.1) is 0 Å². The van der Waals surface area contributed by atoms with Gasteiger partial charge in [0.05, 0.1) is 6.04 Å². The fourth-order valence-electron chi connectivity index (χ4n) is 2.86. The van der Waals surface area contributed by atoms with Gasteiger partial charge in [0.1, 0.15) is 6.17 Å². The topological polar surface area (TPSA) is 32.3 Å². The zero-order valence-electron chi connectivity index (χ0n) is 13.3. The molecule has 1 aromatic carbocycles. The van der Waals surface area contributed by atoms with Gasteiger partial charge in [-0.2, -0.15) is 0 Å². The summed E-state index contributed by atoms with van der Waals surface area (Å²) < 4.78 is 0. The van der Waals surface area contributed by atoms with Crippen LogP contribution in [0.2, 0.25) is 5.02 Å². The molecule has 21 heavy (non-hydrogen) atoms. The summed E-state index contributed by atoms with van der Waals surface area (Å²) in [7, 11) is 0. The smallest absolute Gasteiger partial charge is 0.241 e. The fraction of sp³-hybridized carbons (Fsp3) is 0.588. The van der Waals surface area contributed by atoms with Gasteiger partial charge in [-0.25, -0.2) is 0 Å². The quantitative estimate of drug-likeness (QED) is 0.892. The molecule has 3 nitrogen and oxygen atoms in total. The summed E-state index contributed by atoms with van der Waals surface area (Å²) in [4.78, 5) is 14.7. The molecule has 116 valence electrons. The van der Waals surface area contributed by atoms with E-state index < -0.39 is 0 Å². The third-order valence-corrected chi connectivity index (χ3v) is 4.40. The van der Waals surface area contributed by atoms with Crippen LogP contribution in [0.15, 0.2) is 24.3 Å². The number of nitrogens with one attached hydrogen (secondary N) is 1. The number of benzene rings is 1. The molecule has 1 amide bonds. The Morgan fingerprint density at radius 1 is 1.24 bits per heavy atom. The lowest BCUT2D eigenvalue weighted by Gasteiger charge is -2.30. The molecule has 1 fully saturated rings. The summed E-state index contributed by atoms with van der Waals surface area (Å²) in [6.07, 6.45) is 1.77. The molecule has 0 aromatic heterocycles. The van der Waals surface area contributed by atoms with Crippen molar-refractivity contribution in [1.82, 2.24) is 10.2 Å². The molecule has 2 rings (SSSR count). The summed E-state index contributed by atoms with van der Waals surface area (Å²) in [6, 6.07) is 7.91. The number of carbonyl (C=O) groups excluding carboxylic acids is 1. The van der Waals surface area contributed by atoms with Crippen LogP contribution in [0.1, 0.15) is 52.3 Å². The van der Waals surface area contributed by atoms with Crippen LogP contribution in [0, 0.1) is 5.92 Å². The number of rotatable bonds is 5. The first kappa shape index (κ1) is 16.3. The molecular weight excluding hydrogens is 284 g/mol. The first-order valence-corrected chi connectivity index (χ1v) is 8.15. The van der Waals surface area contributed by atoms with Crippen molar-refractivity contribution in [3.05, 3.63) is 34.9 Å². The van der Waals surface area contributed by atoms with Crippen molar-refractivity contribution < 1.29 is 4.79 Å². The standard InChI is InChI=1S/C17H25ClN2O/c1-5-12(4)20-16(13-6-8-14(18)9-7-13)19-15(17(20)21)10-11(2)3/h6-9,11-12,15-16,19H,5,10H2,1-4H3. The van der Waals surface area contributed by atoms with Crippen LogP contribution in [0.3, 0.4) is 0 Å². The second-order valence-corrected chi connectivity index (χ2v) is 6.74. The van der Waals surface area contributed by atoms with Crippen LogP contribution in [0.25, 0.3) is 0 Å². The van der Waals surface area contributed by atoms with Gasteiger partial charge in [-0.3, -0.25) is 10.1 Å². The minimum atomic E-state index is -0.0836. The van der Waals surface area contributed by atoms with Gasteiger partial charge in [-0.1, -0.05) is 44.5 Å². The van der Waals surface area contributed by atoms with Gasteiger partial charge in [0.15, 0.2) is 0 Å². The summed E-state index contributed by atoms with van der Waals surface area (Å²) >= 11 is 5.97. The molecule has 0 spiro atoms. The number of carbonyl (C=O) groups is 1. The maximum atomic E-state index is 12.7. The van der Waals surface area contributed by atoms with Gasteiger partial charge in [0.25, 0.3) is 0 Å². The van der Waals surface area contributed by atoms with Crippen molar-refractivity contribution in [2.45, 2.75) is 58.8 Å². The summed E-state index contributed by atoms with van der Waals surface area (Å²) in [5, 5.41) is 4.23. The average Bonchev–Trinajstić information content (AvgIpc) is 2.75. The normalized spacial score (nSPS) is 23.9. The largest absolute Gasteiger partial charge is 0.319 e. The highest BCUT2D eigenvalue weighted by Crippen LogP contribution is 2.31. The molecule has 0 saturated carbocycles. The molecule has 1 heterocycles. The van der Waals surface area contributed by atoms with Crippen LogP contribution in [-0.4, -0.2) is 22.9 Å². The van der Waals surface area contributed by atoms with Crippen LogP contribution in [0.4, 0.5) is 0 Å². The predicted molar refractivity (Wildman–Crippen MR) is 87.2 cm³/mol. The van der Waals surface area contributed by atoms with Crippen LogP contribution < -0.4 is 5.32 Å². The second kappa shape index (κ2) is 6.80. The van der Waals surface area contributed by atoms with E-state index in [2.05, 4.69) is 33.0 Å². The van der Waals surface area contributed by atoms with E-state index in [1.807, 2.05) is 29.2 Å². The maximum Gasteiger partial charge on any atom is 0.241 e. The van der Waals surface area contributed by atoms with Gasteiger partial charge >= 0.3 is 0 Å². The number of amides is 1. The van der Waals surface area contributed by atoms with Crippen LogP contribution >= 0.6 is 11.6 Å². The van der Waals surface area contributed by atoms with Crippen LogP contribution in [0.5, 0.6) is 0 Å². The lowest BCUT2D eigenvalue weighted by Crippen LogP contribution is -2.38. The van der Waals surface area contributed by atoms with E-state index in [0.717, 1.165) is 23.4 Å². The molecule has 3 atom stereocenters. The molecule has 1 N–H and O–H groups in total. The third kappa shape index (κ3) is 3.58. The highest BCUT2D eigenvalue weighted by atomic mass is 35.5. The van der Waals surface area contributed by atoms with E-state index in [1.54, 1.807) is 0 Å². The van der Waals surface area contributed by atoms with Gasteiger partial charge in [0, 0.05) is 11.1 Å². The Labute approximate surface area is 132 Å². The van der Waals surface area contributed by atoms with Gasteiger partial charge in [0.2, 0.25) is 5.91 Å². The molecule has 4 heteroatoms. The monoisotopic (exact) mass is 308 g/mol. The van der Waals surface area contributed by atoms with Crippen molar-refractivity contribution in [3.63, 3.8) is 0 Å². The number of halogens is 1. The summed E-state index contributed by atoms with van der Waals surface area (Å²) in [6.45, 7) is 8.53. The third-order valence-electron chi connectivity index (χ3n) is 4.15. The molecule has 1 aliphatic heterocycles. The number of hydrogen-bond acceptors (Lipinski definition) is 2. The molecule has 0 aliphatic carbocycles.